The number of ether oxygens (including phenoxy) is 2. The molecule has 0 fully saturated rings. The van der Waals surface area contributed by atoms with E-state index in [0.717, 1.165) is 20.3 Å². The lowest BCUT2D eigenvalue weighted by atomic mass is 10.2. The number of esters is 2. The van der Waals surface area contributed by atoms with E-state index in [1.165, 1.54) is 12.1 Å². The number of methoxy groups -OCH3 is 2. The highest BCUT2D eigenvalue weighted by atomic mass is 127. The Bertz CT molecular complexity index is 614. The maximum Gasteiger partial charge on any atom is 0.354 e. The average molecular weight is 406 g/mol. The van der Waals surface area contributed by atoms with Gasteiger partial charge in [-0.2, -0.15) is 0 Å². The van der Waals surface area contributed by atoms with E-state index in [1.54, 1.807) is 6.07 Å². The molecule has 0 aliphatic rings. The van der Waals surface area contributed by atoms with Gasteiger partial charge in [0.25, 0.3) is 5.69 Å². The molecule has 1 N–H and O–H groups in total. The van der Waals surface area contributed by atoms with Gasteiger partial charge >= 0.3 is 11.9 Å². The molecule has 0 spiro atoms. The number of nitrogens with zero attached hydrogens (tertiary/aromatic N) is 1. The molecular weight excluding hydrogens is 395 g/mol. The number of carbonyl (C=O) groups excluding carboxylic acids is 2. The number of halogens is 1. The molecule has 0 saturated heterocycles. The van der Waals surface area contributed by atoms with Gasteiger partial charge in [-0.05, 0) is 34.7 Å². The van der Waals surface area contributed by atoms with Crippen LogP contribution in [0.4, 0.5) is 11.4 Å². The molecule has 1 aromatic rings. The molecule has 0 aromatic heterocycles. The van der Waals surface area contributed by atoms with Crippen LogP contribution in [0.3, 0.4) is 0 Å². The first-order valence-corrected chi connectivity index (χ1v) is 6.55. The second kappa shape index (κ2) is 7.57. The molecule has 21 heavy (non-hydrogen) atoms. The van der Waals surface area contributed by atoms with Gasteiger partial charge in [0.15, 0.2) is 0 Å². The predicted molar refractivity (Wildman–Crippen MR) is 81.6 cm³/mol. The smallest absolute Gasteiger partial charge is 0.354 e. The van der Waals surface area contributed by atoms with Crippen molar-refractivity contribution in [3.8, 4) is 0 Å². The highest BCUT2D eigenvalue weighted by molar-refractivity contribution is 14.1. The van der Waals surface area contributed by atoms with Gasteiger partial charge in [-0.15, -0.1) is 0 Å². The fraction of sp³-hybridized carbons (Fsp3) is 0.167. The van der Waals surface area contributed by atoms with Crippen LogP contribution in [0.1, 0.15) is 0 Å². The number of nitro benzene ring substituents is 1. The summed E-state index contributed by atoms with van der Waals surface area (Å²) in [6.45, 7) is 0. The predicted octanol–water partition coefficient (Wildman–Crippen LogP) is 1.84. The van der Waals surface area contributed by atoms with Crippen molar-refractivity contribution in [1.29, 1.82) is 0 Å². The van der Waals surface area contributed by atoms with E-state index in [9.17, 15) is 19.7 Å². The number of hydrogen-bond donors (Lipinski definition) is 1. The normalized spacial score (nSPS) is 10.7. The molecule has 0 radical (unpaired) electrons. The van der Waals surface area contributed by atoms with E-state index in [-0.39, 0.29) is 17.1 Å². The van der Waals surface area contributed by atoms with Gasteiger partial charge in [0.2, 0.25) is 0 Å². The first-order chi connectivity index (χ1) is 9.88. The van der Waals surface area contributed by atoms with Crippen LogP contribution >= 0.6 is 22.6 Å². The quantitative estimate of drug-likeness (QED) is 0.261. The Morgan fingerprint density at radius 1 is 1.33 bits per heavy atom. The number of hydrogen-bond acceptors (Lipinski definition) is 7. The fourth-order valence-corrected chi connectivity index (χ4v) is 1.81. The first kappa shape index (κ1) is 16.9. The van der Waals surface area contributed by atoms with Crippen molar-refractivity contribution >= 4 is 45.9 Å². The van der Waals surface area contributed by atoms with Crippen LogP contribution in [0.15, 0.2) is 30.0 Å². The summed E-state index contributed by atoms with van der Waals surface area (Å²) in [5, 5.41) is 13.5. The van der Waals surface area contributed by atoms with Gasteiger partial charge in [0.1, 0.15) is 11.4 Å². The number of rotatable bonds is 5. The number of anilines is 1. The molecule has 0 heterocycles. The summed E-state index contributed by atoms with van der Waals surface area (Å²) >= 11 is 1.92. The van der Waals surface area contributed by atoms with Gasteiger partial charge in [-0.1, -0.05) is 0 Å². The minimum atomic E-state index is -0.853. The van der Waals surface area contributed by atoms with Gasteiger partial charge in [-0.25, -0.2) is 9.59 Å². The number of nitro groups is 1. The highest BCUT2D eigenvalue weighted by Crippen LogP contribution is 2.27. The summed E-state index contributed by atoms with van der Waals surface area (Å²) in [7, 11) is 2.26. The topological polar surface area (TPSA) is 108 Å². The molecule has 1 rings (SSSR count). The van der Waals surface area contributed by atoms with E-state index < -0.39 is 16.9 Å². The molecule has 9 heteroatoms. The Morgan fingerprint density at radius 2 is 2.00 bits per heavy atom. The summed E-state index contributed by atoms with van der Waals surface area (Å²) in [5.41, 5.74) is -0.448. The Hall–Kier alpha value is -2.17. The zero-order valence-electron chi connectivity index (χ0n) is 11.1. The summed E-state index contributed by atoms with van der Waals surface area (Å²) in [4.78, 5) is 33.2. The fourth-order valence-electron chi connectivity index (χ4n) is 1.34. The third-order valence-corrected chi connectivity index (χ3v) is 2.97. The monoisotopic (exact) mass is 406 g/mol. The van der Waals surface area contributed by atoms with Crippen molar-refractivity contribution in [2.45, 2.75) is 0 Å². The maximum absolute atomic E-state index is 11.6. The van der Waals surface area contributed by atoms with Crippen LogP contribution in [-0.4, -0.2) is 31.1 Å². The van der Waals surface area contributed by atoms with Crippen LogP contribution in [0.25, 0.3) is 0 Å². The molecule has 0 unspecified atom stereocenters. The zero-order chi connectivity index (χ0) is 16.0. The van der Waals surface area contributed by atoms with Crippen LogP contribution in [0, 0.1) is 13.7 Å². The SMILES string of the molecule is COC(=O)/C=C(/Nc1ccc(I)cc1[N+](=O)[O-])C(=O)OC. The summed E-state index contributed by atoms with van der Waals surface area (Å²) in [5.74, 6) is -1.65. The van der Waals surface area contributed by atoms with Gasteiger partial charge in [-0.3, -0.25) is 10.1 Å². The van der Waals surface area contributed by atoms with Crippen molar-refractivity contribution in [1.82, 2.24) is 0 Å². The maximum atomic E-state index is 11.6. The van der Waals surface area contributed by atoms with Crippen LogP contribution in [-0.2, 0) is 19.1 Å². The lowest BCUT2D eigenvalue weighted by molar-refractivity contribution is -0.384. The molecule has 1 aromatic carbocycles. The minimum Gasteiger partial charge on any atom is -0.466 e. The molecular formula is C12H11IN2O6. The van der Waals surface area contributed by atoms with Gasteiger partial charge < -0.3 is 14.8 Å². The molecule has 0 atom stereocenters. The van der Waals surface area contributed by atoms with Gasteiger partial charge in [0.05, 0.1) is 25.2 Å². The third kappa shape index (κ3) is 4.70. The zero-order valence-corrected chi connectivity index (χ0v) is 13.2. The van der Waals surface area contributed by atoms with Crippen molar-refractivity contribution in [2.24, 2.45) is 0 Å². The van der Waals surface area contributed by atoms with Crippen LogP contribution < -0.4 is 5.32 Å². The van der Waals surface area contributed by atoms with Crippen molar-refractivity contribution in [3.63, 3.8) is 0 Å². The number of nitrogens with one attached hydrogen (secondary N) is 1. The second-order valence-electron chi connectivity index (χ2n) is 3.62. The van der Waals surface area contributed by atoms with Crippen LogP contribution in [0.2, 0.25) is 0 Å². The lowest BCUT2D eigenvalue weighted by Crippen LogP contribution is -2.16. The summed E-state index contributed by atoms with van der Waals surface area (Å²) < 4.78 is 9.57. The van der Waals surface area contributed by atoms with E-state index in [1.807, 2.05) is 22.6 Å². The number of carbonyl (C=O) groups is 2. The Balaban J connectivity index is 3.21. The molecule has 0 amide bonds. The third-order valence-electron chi connectivity index (χ3n) is 2.29. The number of benzene rings is 1. The van der Waals surface area contributed by atoms with Crippen molar-refractivity contribution in [2.75, 3.05) is 19.5 Å². The molecule has 112 valence electrons. The molecule has 0 bridgehead atoms. The Kier molecular flexibility index (Phi) is 6.09. The Morgan fingerprint density at radius 3 is 2.52 bits per heavy atom. The highest BCUT2D eigenvalue weighted by Gasteiger charge is 2.19. The van der Waals surface area contributed by atoms with Crippen molar-refractivity contribution in [3.05, 3.63) is 43.7 Å². The molecule has 0 aliphatic carbocycles. The van der Waals surface area contributed by atoms with Crippen LogP contribution in [0.5, 0.6) is 0 Å². The van der Waals surface area contributed by atoms with Gasteiger partial charge in [0, 0.05) is 9.64 Å². The van der Waals surface area contributed by atoms with E-state index in [2.05, 4.69) is 14.8 Å². The standard InChI is InChI=1S/C12H11IN2O6/c1-20-11(16)6-9(12(17)21-2)14-8-4-3-7(13)5-10(8)15(18)19/h3-6,14H,1-2H3/b9-6+. The molecule has 0 saturated carbocycles. The largest absolute Gasteiger partial charge is 0.466 e. The summed E-state index contributed by atoms with van der Waals surface area (Å²) in [6.07, 6.45) is 0.855. The second-order valence-corrected chi connectivity index (χ2v) is 4.86. The average Bonchev–Trinajstić information content (AvgIpc) is 2.46. The van der Waals surface area contributed by atoms with E-state index in [0.29, 0.717) is 3.57 Å². The van der Waals surface area contributed by atoms with Crippen molar-refractivity contribution < 1.29 is 24.0 Å². The van der Waals surface area contributed by atoms with E-state index >= 15 is 0 Å². The molecule has 8 nitrogen and oxygen atoms in total. The van der Waals surface area contributed by atoms with E-state index in [4.69, 9.17) is 0 Å². The lowest BCUT2D eigenvalue weighted by Gasteiger charge is -2.09. The Labute approximate surface area is 133 Å². The summed E-state index contributed by atoms with van der Waals surface area (Å²) in [6, 6.07) is 4.37. The minimum absolute atomic E-state index is 0.0565. The first-order valence-electron chi connectivity index (χ1n) is 5.48. The molecule has 0 aliphatic heterocycles.